The van der Waals surface area contributed by atoms with Crippen LogP contribution < -0.4 is 0 Å². The number of nitrogens with zero attached hydrogens (tertiary/aromatic N) is 5. The first-order valence-corrected chi connectivity index (χ1v) is 3.97. The quantitative estimate of drug-likeness (QED) is 0.559. The van der Waals surface area contributed by atoms with Crippen LogP contribution in [0.15, 0.2) is 52.0 Å². The number of hydrazine groups is 1. The highest BCUT2D eigenvalue weighted by Gasteiger charge is 2.08. The highest BCUT2D eigenvalue weighted by Crippen LogP contribution is 2.06. The van der Waals surface area contributed by atoms with E-state index in [4.69, 9.17) is 0 Å². The minimum absolute atomic E-state index is 0.685. The summed E-state index contributed by atoms with van der Waals surface area (Å²) in [5, 5.41) is 14.9. The molecule has 5 nitrogen and oxygen atoms in total. The van der Waals surface area contributed by atoms with Crippen molar-refractivity contribution < 1.29 is 0 Å². The van der Waals surface area contributed by atoms with E-state index in [1.807, 2.05) is 30.4 Å². The summed E-state index contributed by atoms with van der Waals surface area (Å²) >= 11 is 0. The van der Waals surface area contributed by atoms with Crippen LogP contribution in [-0.4, -0.2) is 23.1 Å². The Morgan fingerprint density at radius 1 is 1.08 bits per heavy atom. The summed E-state index contributed by atoms with van der Waals surface area (Å²) in [6, 6.07) is 0. The molecule has 0 N–H and O–H groups in total. The van der Waals surface area contributed by atoms with Gasteiger partial charge in [0.05, 0.1) is 12.7 Å². The van der Waals surface area contributed by atoms with Crippen LogP contribution in [0.25, 0.3) is 0 Å². The van der Waals surface area contributed by atoms with Crippen LogP contribution in [0.5, 0.6) is 0 Å². The number of hydrogen-bond donors (Lipinski definition) is 0. The van der Waals surface area contributed by atoms with Crippen LogP contribution in [0.1, 0.15) is 0 Å². The molecule has 0 amide bonds. The van der Waals surface area contributed by atoms with Crippen LogP contribution in [-0.2, 0) is 0 Å². The molecule has 0 aromatic heterocycles. The van der Waals surface area contributed by atoms with Gasteiger partial charge in [0.25, 0.3) is 0 Å². The van der Waals surface area contributed by atoms with E-state index in [9.17, 15) is 0 Å². The summed E-state index contributed by atoms with van der Waals surface area (Å²) in [5.74, 6) is 0. The molecule has 0 saturated heterocycles. The van der Waals surface area contributed by atoms with Crippen molar-refractivity contribution in [3.63, 3.8) is 0 Å². The van der Waals surface area contributed by atoms with Crippen LogP contribution in [0.4, 0.5) is 0 Å². The smallest absolute Gasteiger partial charge is 0.162 e. The fourth-order valence-electron chi connectivity index (χ4n) is 0.984. The van der Waals surface area contributed by atoms with E-state index in [0.717, 1.165) is 0 Å². The molecule has 0 aliphatic carbocycles. The fourth-order valence-corrected chi connectivity index (χ4v) is 0.984. The number of rotatable bonds is 0. The molecule has 0 saturated carbocycles. The van der Waals surface area contributed by atoms with Crippen molar-refractivity contribution in [2.24, 2.45) is 15.4 Å². The standard InChI is InChI=1S/C8H9N5/c1-2-4-6-12-10-8-9-11-13(12)7-5-3-1/h1-5,7-8H,6H2/b3-1-,4-2+,7-5+. The maximum atomic E-state index is 4.04. The molecule has 2 aliphatic rings. The van der Waals surface area contributed by atoms with E-state index < -0.39 is 0 Å². The summed E-state index contributed by atoms with van der Waals surface area (Å²) in [7, 11) is 0. The predicted octanol–water partition coefficient (Wildman–Crippen LogP) is 1.47. The molecule has 0 spiro atoms. The lowest BCUT2D eigenvalue weighted by Crippen LogP contribution is -2.32. The third-order valence-electron chi connectivity index (χ3n) is 1.57. The number of allylic oxidation sites excluding steroid dienone is 4. The Balaban J connectivity index is 2.20. The second-order valence-electron chi connectivity index (χ2n) is 2.47. The molecule has 0 bridgehead atoms. The zero-order chi connectivity index (χ0) is 8.93. The summed E-state index contributed by atoms with van der Waals surface area (Å²) in [6.07, 6.45) is 12.9. The Hall–Kier alpha value is -1.91. The lowest BCUT2D eigenvalue weighted by atomic mass is 10.4. The van der Waals surface area contributed by atoms with Gasteiger partial charge in [-0.15, -0.1) is 15.3 Å². The highest BCUT2D eigenvalue weighted by molar-refractivity contribution is 5.54. The third kappa shape index (κ3) is 1.81. The molecule has 0 atom stereocenters. The summed E-state index contributed by atoms with van der Waals surface area (Å²) in [5.41, 5.74) is 0. The Morgan fingerprint density at radius 3 is 3.00 bits per heavy atom. The van der Waals surface area contributed by atoms with Gasteiger partial charge in [-0.2, -0.15) is 5.12 Å². The molecule has 0 fully saturated rings. The van der Waals surface area contributed by atoms with Gasteiger partial charge in [0.1, 0.15) is 0 Å². The van der Waals surface area contributed by atoms with Gasteiger partial charge in [-0.1, -0.05) is 24.3 Å². The fraction of sp³-hybridized carbons (Fsp3) is 0.125. The van der Waals surface area contributed by atoms with Crippen molar-refractivity contribution in [1.29, 1.82) is 0 Å². The van der Waals surface area contributed by atoms with Crippen molar-refractivity contribution in [1.82, 2.24) is 10.2 Å². The molecule has 2 heterocycles. The molecular formula is C8H9N5. The van der Waals surface area contributed by atoms with E-state index in [-0.39, 0.29) is 0 Å². The minimum Gasteiger partial charge on any atom is -0.178 e. The number of fused-ring (bicyclic) bond motifs is 1. The molecular weight excluding hydrogens is 166 g/mol. The molecule has 2 rings (SSSR count). The lowest BCUT2D eigenvalue weighted by molar-refractivity contribution is 0.0261. The summed E-state index contributed by atoms with van der Waals surface area (Å²) < 4.78 is 0. The molecule has 66 valence electrons. The van der Waals surface area contributed by atoms with Gasteiger partial charge in [0.2, 0.25) is 0 Å². The van der Waals surface area contributed by atoms with Crippen molar-refractivity contribution in [3.05, 3.63) is 36.6 Å². The van der Waals surface area contributed by atoms with Crippen LogP contribution >= 0.6 is 0 Å². The van der Waals surface area contributed by atoms with Crippen molar-refractivity contribution in [2.45, 2.75) is 0 Å². The molecule has 5 heteroatoms. The molecule has 2 aliphatic heterocycles. The first-order chi connectivity index (χ1) is 6.47. The summed E-state index contributed by atoms with van der Waals surface area (Å²) in [4.78, 5) is 0. The monoisotopic (exact) mass is 175 g/mol. The van der Waals surface area contributed by atoms with Crippen LogP contribution in [0, 0.1) is 0 Å². The number of hydrogen-bond acceptors (Lipinski definition) is 5. The van der Waals surface area contributed by atoms with E-state index >= 15 is 0 Å². The van der Waals surface area contributed by atoms with Crippen molar-refractivity contribution in [3.8, 4) is 0 Å². The van der Waals surface area contributed by atoms with Gasteiger partial charge in [-0.05, 0) is 11.3 Å². The Kier molecular flexibility index (Phi) is 2.18. The second-order valence-corrected chi connectivity index (χ2v) is 2.47. The molecule has 0 aromatic rings. The van der Waals surface area contributed by atoms with Gasteiger partial charge in [0.15, 0.2) is 6.34 Å². The summed E-state index contributed by atoms with van der Waals surface area (Å²) in [6.45, 7) is 0.685. The van der Waals surface area contributed by atoms with E-state index in [1.165, 1.54) is 6.34 Å². The van der Waals surface area contributed by atoms with Gasteiger partial charge >= 0.3 is 0 Å². The maximum absolute atomic E-state index is 4.04. The van der Waals surface area contributed by atoms with Crippen LogP contribution in [0.2, 0.25) is 0 Å². The zero-order valence-corrected chi connectivity index (χ0v) is 6.98. The van der Waals surface area contributed by atoms with Crippen LogP contribution in [0.3, 0.4) is 0 Å². The Bertz CT molecular complexity index is 312. The van der Waals surface area contributed by atoms with Crippen molar-refractivity contribution >= 4 is 6.34 Å². The largest absolute Gasteiger partial charge is 0.178 e. The van der Waals surface area contributed by atoms with E-state index in [0.29, 0.717) is 6.54 Å². The minimum atomic E-state index is 0.685. The van der Waals surface area contributed by atoms with Gasteiger partial charge in [0, 0.05) is 0 Å². The highest BCUT2D eigenvalue weighted by atomic mass is 15.9. The lowest BCUT2D eigenvalue weighted by Gasteiger charge is -2.25. The Morgan fingerprint density at radius 2 is 2.00 bits per heavy atom. The first-order valence-electron chi connectivity index (χ1n) is 3.97. The van der Waals surface area contributed by atoms with Gasteiger partial charge < -0.3 is 0 Å². The van der Waals surface area contributed by atoms with Gasteiger partial charge in [-0.25, -0.2) is 0 Å². The van der Waals surface area contributed by atoms with Gasteiger partial charge in [-0.3, -0.25) is 0 Å². The van der Waals surface area contributed by atoms with E-state index in [1.54, 1.807) is 16.4 Å². The second kappa shape index (κ2) is 3.66. The topological polar surface area (TPSA) is 43.6 Å². The molecule has 0 aromatic carbocycles. The molecule has 13 heavy (non-hydrogen) atoms. The average Bonchev–Trinajstić information content (AvgIpc) is 2.28. The van der Waals surface area contributed by atoms with Crippen molar-refractivity contribution in [2.75, 3.05) is 6.54 Å². The SMILES string of the molecule is C1=NN2C/C=C/C=C\C=C\N2N=N1. The zero-order valence-electron chi connectivity index (χ0n) is 6.98. The predicted molar refractivity (Wildman–Crippen MR) is 49.3 cm³/mol. The first kappa shape index (κ1) is 7.72. The molecule has 0 unspecified atom stereocenters. The number of hydrazone groups is 1. The third-order valence-corrected chi connectivity index (χ3v) is 1.57. The average molecular weight is 175 g/mol. The Labute approximate surface area is 76.0 Å². The molecule has 0 radical (unpaired) electrons. The normalized spacial score (nSPS) is 27.1. The maximum Gasteiger partial charge on any atom is 0.162 e. The van der Waals surface area contributed by atoms with E-state index in [2.05, 4.69) is 15.4 Å².